The Hall–Kier alpha value is -2.09. The third-order valence-electron chi connectivity index (χ3n) is 3.11. The van der Waals surface area contributed by atoms with Gasteiger partial charge in [0.15, 0.2) is 5.69 Å². The quantitative estimate of drug-likeness (QED) is 0.449. The highest BCUT2D eigenvalue weighted by Gasteiger charge is 2.30. The number of nitrogens with one attached hydrogen (secondary N) is 1. The SMILES string of the molecule is CN(N)C(=O)c1n[nH]c2c1CN(C(=O)OC(C)(C)C)CC2. The number of hydrazine groups is 1. The van der Waals surface area contributed by atoms with Crippen molar-refractivity contribution in [2.24, 2.45) is 5.84 Å². The highest BCUT2D eigenvalue weighted by Crippen LogP contribution is 2.22. The van der Waals surface area contributed by atoms with E-state index in [2.05, 4.69) is 10.2 Å². The van der Waals surface area contributed by atoms with E-state index < -0.39 is 17.6 Å². The van der Waals surface area contributed by atoms with Crippen LogP contribution in [-0.2, 0) is 17.7 Å². The molecule has 1 aliphatic rings. The molecule has 0 unspecified atom stereocenters. The molecule has 21 heavy (non-hydrogen) atoms. The zero-order valence-corrected chi connectivity index (χ0v) is 12.8. The van der Waals surface area contributed by atoms with E-state index in [1.54, 1.807) is 4.90 Å². The number of carbonyl (C=O) groups is 2. The third-order valence-corrected chi connectivity index (χ3v) is 3.11. The summed E-state index contributed by atoms with van der Waals surface area (Å²) in [5.41, 5.74) is 1.27. The van der Waals surface area contributed by atoms with Crippen LogP contribution in [0.4, 0.5) is 4.79 Å². The summed E-state index contributed by atoms with van der Waals surface area (Å²) >= 11 is 0. The van der Waals surface area contributed by atoms with Gasteiger partial charge in [0, 0.05) is 31.3 Å². The van der Waals surface area contributed by atoms with Gasteiger partial charge in [0.1, 0.15) is 5.60 Å². The first-order chi connectivity index (χ1) is 9.69. The number of aromatic amines is 1. The van der Waals surface area contributed by atoms with Crippen molar-refractivity contribution in [2.75, 3.05) is 13.6 Å². The summed E-state index contributed by atoms with van der Waals surface area (Å²) in [6, 6.07) is 0. The highest BCUT2D eigenvalue weighted by atomic mass is 16.6. The summed E-state index contributed by atoms with van der Waals surface area (Å²) in [6.07, 6.45) is 0.206. The first kappa shape index (κ1) is 15.3. The lowest BCUT2D eigenvalue weighted by Gasteiger charge is -2.30. The molecule has 0 spiro atoms. The number of hydrogen-bond donors (Lipinski definition) is 2. The van der Waals surface area contributed by atoms with E-state index in [0.717, 1.165) is 10.7 Å². The number of hydrogen-bond acceptors (Lipinski definition) is 5. The molecule has 1 aliphatic heterocycles. The van der Waals surface area contributed by atoms with Gasteiger partial charge in [-0.2, -0.15) is 5.10 Å². The van der Waals surface area contributed by atoms with E-state index in [1.807, 2.05) is 20.8 Å². The summed E-state index contributed by atoms with van der Waals surface area (Å²) in [5, 5.41) is 7.83. The molecule has 2 heterocycles. The molecule has 0 fully saturated rings. The Bertz CT molecular complexity index is 559. The highest BCUT2D eigenvalue weighted by molar-refractivity contribution is 5.93. The van der Waals surface area contributed by atoms with Gasteiger partial charge in [-0.1, -0.05) is 0 Å². The summed E-state index contributed by atoms with van der Waals surface area (Å²) < 4.78 is 5.35. The second-order valence-corrected chi connectivity index (χ2v) is 6.10. The molecule has 3 N–H and O–H groups in total. The molecule has 8 heteroatoms. The number of H-pyrrole nitrogens is 1. The summed E-state index contributed by atoms with van der Waals surface area (Å²) in [6.45, 7) is 6.26. The molecule has 0 saturated heterocycles. The standard InChI is InChI=1S/C13H21N5O3/c1-13(2,3)21-12(20)18-6-5-9-8(7-18)10(16-15-9)11(19)17(4)14/h5-7,14H2,1-4H3,(H,15,16). The fraction of sp³-hybridized carbons (Fsp3) is 0.615. The summed E-state index contributed by atoms with van der Waals surface area (Å²) in [4.78, 5) is 25.6. The van der Waals surface area contributed by atoms with Gasteiger partial charge in [-0.3, -0.25) is 14.9 Å². The smallest absolute Gasteiger partial charge is 0.410 e. The van der Waals surface area contributed by atoms with E-state index in [-0.39, 0.29) is 12.2 Å². The molecule has 0 bridgehead atoms. The van der Waals surface area contributed by atoms with Crippen LogP contribution < -0.4 is 5.84 Å². The Morgan fingerprint density at radius 3 is 2.67 bits per heavy atom. The molecule has 0 saturated carbocycles. The largest absolute Gasteiger partial charge is 0.444 e. The van der Waals surface area contributed by atoms with Crippen LogP contribution in [0.15, 0.2) is 0 Å². The fourth-order valence-corrected chi connectivity index (χ4v) is 2.12. The monoisotopic (exact) mass is 295 g/mol. The third kappa shape index (κ3) is 3.33. The van der Waals surface area contributed by atoms with Crippen LogP contribution in [-0.4, -0.2) is 51.3 Å². The van der Waals surface area contributed by atoms with Crippen molar-refractivity contribution in [2.45, 2.75) is 39.3 Å². The molecule has 2 amide bonds. The van der Waals surface area contributed by atoms with Crippen molar-refractivity contribution in [1.29, 1.82) is 0 Å². The van der Waals surface area contributed by atoms with Gasteiger partial charge >= 0.3 is 6.09 Å². The first-order valence-corrected chi connectivity index (χ1v) is 6.76. The number of nitrogens with zero attached hydrogens (tertiary/aromatic N) is 3. The number of amides is 2. The fourth-order valence-electron chi connectivity index (χ4n) is 2.12. The summed E-state index contributed by atoms with van der Waals surface area (Å²) in [5.74, 6) is 5.07. The molecule has 0 aromatic carbocycles. The molecule has 0 aliphatic carbocycles. The van der Waals surface area contributed by atoms with E-state index in [9.17, 15) is 9.59 Å². The minimum atomic E-state index is -0.552. The van der Waals surface area contributed by atoms with Gasteiger partial charge in [-0.05, 0) is 20.8 Å². The molecule has 1 aromatic rings. The van der Waals surface area contributed by atoms with E-state index >= 15 is 0 Å². The van der Waals surface area contributed by atoms with E-state index in [0.29, 0.717) is 18.5 Å². The molecular weight excluding hydrogens is 274 g/mol. The van der Waals surface area contributed by atoms with Gasteiger partial charge in [0.2, 0.25) is 0 Å². The number of fused-ring (bicyclic) bond motifs is 1. The maximum absolute atomic E-state index is 12.1. The van der Waals surface area contributed by atoms with E-state index in [4.69, 9.17) is 10.6 Å². The molecular formula is C13H21N5O3. The van der Waals surface area contributed by atoms with Crippen LogP contribution in [0.5, 0.6) is 0 Å². The number of carbonyl (C=O) groups excluding carboxylic acids is 2. The number of nitrogens with two attached hydrogens (primary N) is 1. The summed E-state index contributed by atoms with van der Waals surface area (Å²) in [7, 11) is 1.46. The van der Waals surface area contributed by atoms with Crippen LogP contribution in [0.2, 0.25) is 0 Å². The van der Waals surface area contributed by atoms with Gasteiger partial charge in [-0.25, -0.2) is 10.6 Å². The van der Waals surface area contributed by atoms with Crippen molar-refractivity contribution in [3.05, 3.63) is 17.0 Å². The van der Waals surface area contributed by atoms with E-state index in [1.165, 1.54) is 7.05 Å². The number of ether oxygens (including phenoxy) is 1. The minimum Gasteiger partial charge on any atom is -0.444 e. The second-order valence-electron chi connectivity index (χ2n) is 6.10. The lowest BCUT2D eigenvalue weighted by Crippen LogP contribution is -2.40. The number of rotatable bonds is 1. The Balaban J connectivity index is 2.18. The molecule has 1 aromatic heterocycles. The second kappa shape index (κ2) is 5.36. The Morgan fingerprint density at radius 2 is 2.10 bits per heavy atom. The van der Waals surface area contributed by atoms with Gasteiger partial charge in [0.05, 0.1) is 6.54 Å². The zero-order chi connectivity index (χ0) is 15.8. The Labute approximate surface area is 123 Å². The van der Waals surface area contributed by atoms with Crippen LogP contribution in [0.25, 0.3) is 0 Å². The van der Waals surface area contributed by atoms with Crippen molar-refractivity contribution < 1.29 is 14.3 Å². The lowest BCUT2D eigenvalue weighted by molar-refractivity contribution is 0.0222. The first-order valence-electron chi connectivity index (χ1n) is 6.76. The average molecular weight is 295 g/mol. The maximum Gasteiger partial charge on any atom is 0.410 e. The minimum absolute atomic E-state index is 0.253. The predicted octanol–water partition coefficient (Wildman–Crippen LogP) is 0.649. The van der Waals surface area contributed by atoms with Gasteiger partial charge in [-0.15, -0.1) is 0 Å². The Kier molecular flexibility index (Phi) is 3.91. The van der Waals surface area contributed by atoms with Crippen LogP contribution in [0.1, 0.15) is 42.5 Å². The normalized spacial score (nSPS) is 14.6. The van der Waals surface area contributed by atoms with Crippen molar-refractivity contribution in [3.8, 4) is 0 Å². The van der Waals surface area contributed by atoms with Crippen molar-refractivity contribution in [1.82, 2.24) is 20.1 Å². The zero-order valence-electron chi connectivity index (χ0n) is 12.8. The molecule has 2 rings (SSSR count). The van der Waals surface area contributed by atoms with Crippen LogP contribution >= 0.6 is 0 Å². The molecule has 0 radical (unpaired) electrons. The Morgan fingerprint density at radius 1 is 1.43 bits per heavy atom. The lowest BCUT2D eigenvalue weighted by atomic mass is 10.1. The molecule has 8 nitrogen and oxygen atoms in total. The van der Waals surface area contributed by atoms with Crippen molar-refractivity contribution >= 4 is 12.0 Å². The van der Waals surface area contributed by atoms with Crippen molar-refractivity contribution in [3.63, 3.8) is 0 Å². The molecule has 116 valence electrons. The topological polar surface area (TPSA) is 105 Å². The predicted molar refractivity (Wildman–Crippen MR) is 75.2 cm³/mol. The van der Waals surface area contributed by atoms with Gasteiger partial charge in [0.25, 0.3) is 5.91 Å². The van der Waals surface area contributed by atoms with Crippen LogP contribution in [0, 0.1) is 0 Å². The van der Waals surface area contributed by atoms with Gasteiger partial charge < -0.3 is 9.64 Å². The van der Waals surface area contributed by atoms with Crippen LogP contribution in [0.3, 0.4) is 0 Å². The molecule has 0 atom stereocenters. The average Bonchev–Trinajstić information content (AvgIpc) is 2.78. The maximum atomic E-state index is 12.1. The number of aromatic nitrogens is 2.